The lowest BCUT2D eigenvalue weighted by Crippen LogP contribution is -2.34. The van der Waals surface area contributed by atoms with E-state index in [4.69, 9.17) is 14.6 Å². The van der Waals surface area contributed by atoms with Gasteiger partial charge in [-0.3, -0.25) is 4.90 Å². The number of ether oxygens (including phenoxy) is 2. The normalized spacial score (nSPS) is 12.3. The zero-order chi connectivity index (χ0) is 25.2. The monoisotopic (exact) mass is 487 g/mol. The summed E-state index contributed by atoms with van der Waals surface area (Å²) in [6.45, 7) is 6.09. The largest absolute Gasteiger partial charge is 0.435 e. The number of methoxy groups -OCH3 is 1. The number of rotatable bonds is 14. The first-order chi connectivity index (χ1) is 17.0. The van der Waals surface area contributed by atoms with Gasteiger partial charge in [-0.25, -0.2) is 13.5 Å². The van der Waals surface area contributed by atoms with Gasteiger partial charge >= 0.3 is 0 Å². The number of halogens is 2. The number of nitrogens with zero attached hydrogens (tertiary/aromatic N) is 3. The summed E-state index contributed by atoms with van der Waals surface area (Å²) in [5.41, 5.74) is 2.35. The number of unbranched alkanes of at least 4 members (excludes halogenated alkanes) is 1. The van der Waals surface area contributed by atoms with Gasteiger partial charge in [-0.2, -0.15) is 5.10 Å². The summed E-state index contributed by atoms with van der Waals surface area (Å²) >= 11 is 0. The van der Waals surface area contributed by atoms with Gasteiger partial charge in [0.05, 0.1) is 29.7 Å². The molecule has 6 nitrogen and oxygen atoms in total. The Morgan fingerprint density at radius 1 is 1.11 bits per heavy atom. The number of hydrogen-bond acceptors (Lipinski definition) is 5. The molecule has 1 atom stereocenters. The standard InChI is InChI=1S/C27H35F2N3O3/c1-4-6-12-22(33)18-31(15-16-34-3)19-23-25(5-2)30-32(21-10-8-7-9-11-21)27(23)35-26-14-13-20(28)17-24(26)29/h7-11,13-14,17,22,33H,4-6,12,15-16,18-19H2,1-3H3/t22-/m0/s1. The first kappa shape index (κ1) is 26.8. The average Bonchev–Trinajstić information content (AvgIpc) is 3.20. The van der Waals surface area contributed by atoms with Crippen LogP contribution in [0.5, 0.6) is 11.6 Å². The first-order valence-electron chi connectivity index (χ1n) is 12.1. The van der Waals surface area contributed by atoms with Crippen LogP contribution in [0.1, 0.15) is 44.4 Å². The van der Waals surface area contributed by atoms with Crippen LogP contribution in [-0.4, -0.2) is 52.7 Å². The molecule has 3 aromatic rings. The molecule has 0 radical (unpaired) electrons. The molecule has 0 aliphatic heterocycles. The molecule has 1 heterocycles. The third kappa shape index (κ3) is 7.34. The molecule has 0 aliphatic rings. The van der Waals surface area contributed by atoms with Crippen LogP contribution < -0.4 is 4.74 Å². The Kier molecular flexibility index (Phi) is 10.2. The predicted molar refractivity (Wildman–Crippen MR) is 132 cm³/mol. The Bertz CT molecular complexity index is 1060. The van der Waals surface area contributed by atoms with E-state index < -0.39 is 17.7 Å². The molecular weight excluding hydrogens is 452 g/mol. The van der Waals surface area contributed by atoms with Gasteiger partial charge in [-0.1, -0.05) is 44.9 Å². The van der Waals surface area contributed by atoms with E-state index in [1.807, 2.05) is 37.3 Å². The summed E-state index contributed by atoms with van der Waals surface area (Å²) in [6, 6.07) is 12.7. The minimum Gasteiger partial charge on any atom is -0.435 e. The fraction of sp³-hybridized carbons (Fsp3) is 0.444. The minimum absolute atomic E-state index is 0.0844. The number of aromatic nitrogens is 2. The Balaban J connectivity index is 2.02. The predicted octanol–water partition coefficient (Wildman–Crippen LogP) is 5.50. The lowest BCUT2D eigenvalue weighted by molar-refractivity contribution is 0.0786. The minimum atomic E-state index is -0.791. The van der Waals surface area contributed by atoms with Gasteiger partial charge in [-0.15, -0.1) is 0 Å². The highest BCUT2D eigenvalue weighted by Gasteiger charge is 2.24. The summed E-state index contributed by atoms with van der Waals surface area (Å²) in [4.78, 5) is 2.10. The van der Waals surface area contributed by atoms with Crippen molar-refractivity contribution in [2.24, 2.45) is 0 Å². The number of aryl methyl sites for hydroxylation is 1. The zero-order valence-electron chi connectivity index (χ0n) is 20.7. The molecule has 0 amide bonds. The average molecular weight is 488 g/mol. The molecule has 0 bridgehead atoms. The molecule has 0 saturated carbocycles. The third-order valence-electron chi connectivity index (χ3n) is 5.81. The van der Waals surface area contributed by atoms with Gasteiger partial charge in [0.15, 0.2) is 11.6 Å². The fourth-order valence-corrected chi connectivity index (χ4v) is 3.94. The van der Waals surface area contributed by atoms with Crippen LogP contribution in [-0.2, 0) is 17.7 Å². The van der Waals surface area contributed by atoms with E-state index in [0.29, 0.717) is 45.0 Å². The second-order valence-electron chi connectivity index (χ2n) is 8.53. The molecule has 8 heteroatoms. The number of aliphatic hydroxyl groups is 1. The van der Waals surface area contributed by atoms with Crippen molar-refractivity contribution < 1.29 is 23.4 Å². The zero-order valence-corrected chi connectivity index (χ0v) is 20.7. The van der Waals surface area contributed by atoms with E-state index in [-0.39, 0.29) is 5.75 Å². The van der Waals surface area contributed by atoms with Gasteiger partial charge in [0.2, 0.25) is 5.88 Å². The summed E-state index contributed by atoms with van der Waals surface area (Å²) in [5, 5.41) is 15.4. The van der Waals surface area contributed by atoms with E-state index in [2.05, 4.69) is 11.8 Å². The van der Waals surface area contributed by atoms with Crippen molar-refractivity contribution >= 4 is 0 Å². The molecule has 2 aromatic carbocycles. The lowest BCUT2D eigenvalue weighted by Gasteiger charge is -2.25. The maximum atomic E-state index is 14.6. The number of hydrogen-bond donors (Lipinski definition) is 1. The fourth-order valence-electron chi connectivity index (χ4n) is 3.94. The van der Waals surface area contributed by atoms with Gasteiger partial charge < -0.3 is 14.6 Å². The maximum Gasteiger partial charge on any atom is 0.227 e. The van der Waals surface area contributed by atoms with E-state index in [1.165, 1.54) is 6.07 Å². The van der Waals surface area contributed by atoms with Gasteiger partial charge in [-0.05, 0) is 37.1 Å². The van der Waals surface area contributed by atoms with Crippen molar-refractivity contribution in [3.8, 4) is 17.3 Å². The molecule has 0 fully saturated rings. The Morgan fingerprint density at radius 2 is 1.89 bits per heavy atom. The van der Waals surface area contributed by atoms with Crippen molar-refractivity contribution in [1.29, 1.82) is 0 Å². The van der Waals surface area contributed by atoms with Crippen LogP contribution >= 0.6 is 0 Å². The van der Waals surface area contributed by atoms with Crippen LogP contribution in [0, 0.1) is 11.6 Å². The van der Waals surface area contributed by atoms with Crippen LogP contribution in [0.25, 0.3) is 5.69 Å². The van der Waals surface area contributed by atoms with Gasteiger partial charge in [0.25, 0.3) is 0 Å². The highest BCUT2D eigenvalue weighted by atomic mass is 19.1. The molecule has 190 valence electrons. The van der Waals surface area contributed by atoms with Crippen molar-refractivity contribution in [2.45, 2.75) is 52.2 Å². The molecule has 35 heavy (non-hydrogen) atoms. The smallest absolute Gasteiger partial charge is 0.227 e. The van der Waals surface area contributed by atoms with Crippen molar-refractivity contribution in [3.63, 3.8) is 0 Å². The molecule has 3 rings (SSSR count). The van der Waals surface area contributed by atoms with E-state index in [9.17, 15) is 13.9 Å². The molecule has 1 N–H and O–H groups in total. The van der Waals surface area contributed by atoms with Crippen molar-refractivity contribution in [3.05, 3.63) is 71.4 Å². The van der Waals surface area contributed by atoms with E-state index >= 15 is 0 Å². The summed E-state index contributed by atoms with van der Waals surface area (Å²) in [6.07, 6.45) is 2.84. The third-order valence-corrected chi connectivity index (χ3v) is 5.81. The van der Waals surface area contributed by atoms with Crippen LogP contribution in [0.3, 0.4) is 0 Å². The highest BCUT2D eigenvalue weighted by molar-refractivity contribution is 5.44. The number of para-hydroxylation sites is 1. The highest BCUT2D eigenvalue weighted by Crippen LogP contribution is 2.33. The summed E-state index contributed by atoms with van der Waals surface area (Å²) in [5.74, 6) is -1.18. The molecule has 0 unspecified atom stereocenters. The second-order valence-corrected chi connectivity index (χ2v) is 8.53. The molecule has 0 saturated heterocycles. The van der Waals surface area contributed by atoms with Crippen molar-refractivity contribution in [1.82, 2.24) is 14.7 Å². The summed E-state index contributed by atoms with van der Waals surface area (Å²) in [7, 11) is 1.64. The van der Waals surface area contributed by atoms with Crippen LogP contribution in [0.15, 0.2) is 48.5 Å². The molecular formula is C27H35F2N3O3. The van der Waals surface area contributed by atoms with E-state index in [1.54, 1.807) is 11.8 Å². The van der Waals surface area contributed by atoms with Crippen molar-refractivity contribution in [2.75, 3.05) is 26.8 Å². The van der Waals surface area contributed by atoms with Crippen LogP contribution in [0.4, 0.5) is 8.78 Å². The van der Waals surface area contributed by atoms with Gasteiger partial charge in [0.1, 0.15) is 5.82 Å². The Hall–Kier alpha value is -2.81. The number of benzene rings is 2. The van der Waals surface area contributed by atoms with Gasteiger partial charge in [0, 0.05) is 32.8 Å². The molecule has 1 aromatic heterocycles. The lowest BCUT2D eigenvalue weighted by atomic mass is 10.1. The topological polar surface area (TPSA) is 59.8 Å². The summed E-state index contributed by atoms with van der Waals surface area (Å²) < 4.78 is 41.1. The quantitative estimate of drug-likeness (QED) is 0.325. The first-order valence-corrected chi connectivity index (χ1v) is 12.1. The molecule has 0 spiro atoms. The molecule has 0 aliphatic carbocycles. The number of aliphatic hydroxyl groups excluding tert-OH is 1. The SMILES string of the molecule is CCCC[C@H](O)CN(CCOC)Cc1c(CC)nn(-c2ccccc2)c1Oc1ccc(F)cc1F. The maximum absolute atomic E-state index is 14.6. The van der Waals surface area contributed by atoms with Crippen LogP contribution in [0.2, 0.25) is 0 Å². The second kappa shape index (κ2) is 13.3. The van der Waals surface area contributed by atoms with E-state index in [0.717, 1.165) is 41.9 Å². The Labute approximate surface area is 206 Å². The Morgan fingerprint density at radius 3 is 2.54 bits per heavy atom.